The van der Waals surface area contributed by atoms with Gasteiger partial charge in [0.05, 0.1) is 15.9 Å². The van der Waals surface area contributed by atoms with Crippen LogP contribution in [0.4, 0.5) is 19.6 Å². The predicted octanol–water partition coefficient (Wildman–Crippen LogP) is 4.63. The molecule has 0 aliphatic heterocycles. The molecule has 1 N–H and O–H groups in total. The molecule has 1 heterocycles. The van der Waals surface area contributed by atoms with Gasteiger partial charge in [-0.1, -0.05) is 17.4 Å². The molecule has 0 bridgehead atoms. The first kappa shape index (κ1) is 12.0. The van der Waals surface area contributed by atoms with Gasteiger partial charge in [-0.3, -0.25) is 0 Å². The Morgan fingerprint density at radius 3 is 2.79 bits per heavy atom. The molecule has 0 atom stereocenters. The van der Waals surface area contributed by atoms with Crippen molar-refractivity contribution < 1.29 is 8.78 Å². The molecule has 2 aromatic carbocycles. The van der Waals surface area contributed by atoms with Crippen LogP contribution in [0.3, 0.4) is 0 Å². The number of benzene rings is 2. The number of nitrogens with zero attached hydrogens (tertiary/aromatic N) is 1. The second kappa shape index (κ2) is 4.59. The third-order valence-electron chi connectivity index (χ3n) is 2.71. The Balaban J connectivity index is 1.98. The zero-order valence-corrected chi connectivity index (χ0v) is 10.9. The summed E-state index contributed by atoms with van der Waals surface area (Å²) < 4.78 is 27.6. The van der Waals surface area contributed by atoms with E-state index >= 15 is 0 Å². The average Bonchev–Trinajstić information content (AvgIpc) is 2.75. The molecule has 19 heavy (non-hydrogen) atoms. The molecule has 0 aliphatic rings. The van der Waals surface area contributed by atoms with Crippen molar-refractivity contribution >= 4 is 32.4 Å². The lowest BCUT2D eigenvalue weighted by molar-refractivity contribution is 0.629. The summed E-state index contributed by atoms with van der Waals surface area (Å²) in [7, 11) is 0. The van der Waals surface area contributed by atoms with E-state index in [4.69, 9.17) is 0 Å². The summed E-state index contributed by atoms with van der Waals surface area (Å²) in [5, 5.41) is 3.48. The van der Waals surface area contributed by atoms with Gasteiger partial charge in [0.1, 0.15) is 11.6 Å². The maximum absolute atomic E-state index is 13.6. The molecule has 0 saturated heterocycles. The van der Waals surface area contributed by atoms with Crippen LogP contribution in [-0.4, -0.2) is 4.98 Å². The first-order chi connectivity index (χ1) is 9.11. The Bertz CT molecular complexity index is 752. The number of aromatic nitrogens is 1. The van der Waals surface area contributed by atoms with E-state index in [1.54, 1.807) is 18.2 Å². The monoisotopic (exact) mass is 276 g/mol. The molecule has 0 saturated carbocycles. The number of fused-ring (bicyclic) bond motifs is 1. The zero-order valence-electron chi connectivity index (χ0n) is 10.1. The van der Waals surface area contributed by atoms with Gasteiger partial charge in [-0.15, -0.1) is 0 Å². The molecule has 3 aromatic rings. The molecule has 0 aliphatic carbocycles. The molecule has 0 spiro atoms. The molecule has 3 rings (SSSR count). The predicted molar refractivity (Wildman–Crippen MR) is 74.0 cm³/mol. The van der Waals surface area contributed by atoms with Crippen molar-refractivity contribution in [2.75, 3.05) is 5.32 Å². The van der Waals surface area contributed by atoms with Crippen molar-refractivity contribution in [1.82, 2.24) is 4.98 Å². The van der Waals surface area contributed by atoms with Crippen molar-refractivity contribution in [3.63, 3.8) is 0 Å². The molecule has 0 amide bonds. The number of halogens is 2. The fraction of sp³-hybridized carbons (Fsp3) is 0.0714. The van der Waals surface area contributed by atoms with Crippen LogP contribution in [0.1, 0.15) is 5.56 Å². The van der Waals surface area contributed by atoms with Gasteiger partial charge >= 0.3 is 0 Å². The van der Waals surface area contributed by atoms with E-state index in [1.807, 2.05) is 6.92 Å². The fourth-order valence-electron chi connectivity index (χ4n) is 1.80. The lowest BCUT2D eigenvalue weighted by atomic mass is 10.2. The molecular weight excluding hydrogens is 266 g/mol. The number of anilines is 2. The van der Waals surface area contributed by atoms with E-state index in [9.17, 15) is 8.78 Å². The van der Waals surface area contributed by atoms with Crippen LogP contribution in [0, 0.1) is 18.6 Å². The van der Waals surface area contributed by atoms with Gasteiger partial charge < -0.3 is 5.32 Å². The Morgan fingerprint density at radius 2 is 1.95 bits per heavy atom. The van der Waals surface area contributed by atoms with Gasteiger partial charge in [0.2, 0.25) is 0 Å². The normalized spacial score (nSPS) is 10.9. The summed E-state index contributed by atoms with van der Waals surface area (Å²) in [6.07, 6.45) is 0. The van der Waals surface area contributed by atoms with E-state index in [0.29, 0.717) is 16.3 Å². The second-order valence-electron chi connectivity index (χ2n) is 4.24. The number of aryl methyl sites for hydroxylation is 1. The minimum atomic E-state index is -0.337. The summed E-state index contributed by atoms with van der Waals surface area (Å²) >= 11 is 1.36. The molecule has 5 heteroatoms. The highest BCUT2D eigenvalue weighted by atomic mass is 32.1. The number of hydrogen-bond acceptors (Lipinski definition) is 3. The second-order valence-corrected chi connectivity index (χ2v) is 5.27. The van der Waals surface area contributed by atoms with Crippen molar-refractivity contribution in [1.29, 1.82) is 0 Å². The van der Waals surface area contributed by atoms with Crippen LogP contribution in [0.15, 0.2) is 36.4 Å². The van der Waals surface area contributed by atoms with Crippen LogP contribution < -0.4 is 5.32 Å². The standard InChI is InChI=1S/C14H10F2N2S/c1-8-2-4-10(16)11(6-8)17-14-18-12-7-9(15)3-5-13(12)19-14/h2-7H,1H3,(H,17,18). The molecule has 1 aromatic heterocycles. The minimum Gasteiger partial charge on any atom is -0.329 e. The van der Waals surface area contributed by atoms with E-state index < -0.39 is 0 Å². The van der Waals surface area contributed by atoms with Crippen molar-refractivity contribution in [2.45, 2.75) is 6.92 Å². The van der Waals surface area contributed by atoms with Gasteiger partial charge in [0.15, 0.2) is 5.13 Å². The number of thiazole rings is 1. The van der Waals surface area contributed by atoms with E-state index in [1.165, 1.54) is 29.5 Å². The van der Waals surface area contributed by atoms with Crippen molar-refractivity contribution in [2.24, 2.45) is 0 Å². The zero-order chi connectivity index (χ0) is 13.4. The molecular formula is C14H10F2N2S. The van der Waals surface area contributed by atoms with Crippen LogP contribution in [0.2, 0.25) is 0 Å². The van der Waals surface area contributed by atoms with Crippen LogP contribution in [0.25, 0.3) is 10.2 Å². The maximum atomic E-state index is 13.6. The van der Waals surface area contributed by atoms with Gasteiger partial charge in [-0.2, -0.15) is 0 Å². The number of rotatable bonds is 2. The van der Waals surface area contributed by atoms with Gasteiger partial charge in [-0.05, 0) is 36.8 Å². The van der Waals surface area contributed by atoms with E-state index in [2.05, 4.69) is 10.3 Å². The fourth-order valence-corrected chi connectivity index (χ4v) is 2.66. The van der Waals surface area contributed by atoms with Crippen LogP contribution in [-0.2, 0) is 0 Å². The van der Waals surface area contributed by atoms with Gasteiger partial charge in [0.25, 0.3) is 0 Å². The van der Waals surface area contributed by atoms with Crippen LogP contribution >= 0.6 is 11.3 Å². The lowest BCUT2D eigenvalue weighted by Crippen LogP contribution is -1.93. The highest BCUT2D eigenvalue weighted by Gasteiger charge is 2.08. The average molecular weight is 276 g/mol. The third-order valence-corrected chi connectivity index (χ3v) is 3.66. The topological polar surface area (TPSA) is 24.9 Å². The molecule has 2 nitrogen and oxygen atoms in total. The van der Waals surface area contributed by atoms with Crippen molar-refractivity contribution in [3.05, 3.63) is 53.6 Å². The lowest BCUT2D eigenvalue weighted by Gasteiger charge is -2.04. The third kappa shape index (κ3) is 2.42. The van der Waals surface area contributed by atoms with Gasteiger partial charge in [-0.25, -0.2) is 13.8 Å². The Labute approximate surface area is 112 Å². The molecule has 0 fully saturated rings. The first-order valence-electron chi connectivity index (χ1n) is 5.71. The SMILES string of the molecule is Cc1ccc(F)c(Nc2nc3cc(F)ccc3s2)c1. The summed E-state index contributed by atoms with van der Waals surface area (Å²) in [6, 6.07) is 9.24. The quantitative estimate of drug-likeness (QED) is 0.738. The molecule has 0 radical (unpaired) electrons. The Hall–Kier alpha value is -2.01. The minimum absolute atomic E-state index is 0.328. The van der Waals surface area contributed by atoms with E-state index in [-0.39, 0.29) is 11.6 Å². The Kier molecular flexibility index (Phi) is 2.91. The van der Waals surface area contributed by atoms with Crippen molar-refractivity contribution in [3.8, 4) is 0 Å². The largest absolute Gasteiger partial charge is 0.329 e. The molecule has 96 valence electrons. The van der Waals surface area contributed by atoms with Gasteiger partial charge in [0, 0.05) is 6.07 Å². The first-order valence-corrected chi connectivity index (χ1v) is 6.53. The summed E-state index contributed by atoms with van der Waals surface area (Å²) in [5.41, 5.74) is 1.90. The molecule has 0 unspecified atom stereocenters. The maximum Gasteiger partial charge on any atom is 0.188 e. The van der Waals surface area contributed by atoms with Crippen LogP contribution in [0.5, 0.6) is 0 Å². The highest BCUT2D eigenvalue weighted by molar-refractivity contribution is 7.22. The number of nitrogens with one attached hydrogen (secondary N) is 1. The summed E-state index contributed by atoms with van der Waals surface area (Å²) in [6.45, 7) is 1.89. The number of hydrogen-bond donors (Lipinski definition) is 1. The Morgan fingerprint density at radius 1 is 1.11 bits per heavy atom. The smallest absolute Gasteiger partial charge is 0.188 e. The summed E-state index contributed by atoms with van der Waals surface area (Å²) in [5.74, 6) is -0.665. The van der Waals surface area contributed by atoms with E-state index in [0.717, 1.165) is 10.3 Å². The highest BCUT2D eigenvalue weighted by Crippen LogP contribution is 2.29. The summed E-state index contributed by atoms with van der Waals surface area (Å²) in [4.78, 5) is 4.24.